The van der Waals surface area contributed by atoms with Crippen molar-refractivity contribution in [1.82, 2.24) is 15.5 Å². The Morgan fingerprint density at radius 3 is 2.29 bits per heavy atom. The van der Waals surface area contributed by atoms with Gasteiger partial charge in [0.2, 0.25) is 0 Å². The maximum atomic E-state index is 11.7. The van der Waals surface area contributed by atoms with E-state index in [1.165, 1.54) is 0 Å². The lowest BCUT2D eigenvalue weighted by atomic mass is 10.1. The van der Waals surface area contributed by atoms with Gasteiger partial charge in [0.15, 0.2) is 0 Å². The van der Waals surface area contributed by atoms with Gasteiger partial charge in [0.25, 0.3) is 0 Å². The van der Waals surface area contributed by atoms with Crippen molar-refractivity contribution < 1.29 is 4.79 Å². The number of carbonyl (C=O) groups excluding carboxylic acids is 1. The molecule has 1 heterocycles. The van der Waals surface area contributed by atoms with Crippen LogP contribution in [0.2, 0.25) is 0 Å². The van der Waals surface area contributed by atoms with Crippen molar-refractivity contribution in [1.29, 1.82) is 0 Å². The zero-order valence-corrected chi connectivity index (χ0v) is 9.50. The van der Waals surface area contributed by atoms with Gasteiger partial charge in [-0.15, -0.1) is 0 Å². The highest BCUT2D eigenvalue weighted by Crippen LogP contribution is 2.04. The van der Waals surface area contributed by atoms with Crippen LogP contribution in [0, 0.1) is 0 Å². The van der Waals surface area contributed by atoms with Gasteiger partial charge in [-0.2, -0.15) is 0 Å². The third-order valence-corrected chi connectivity index (χ3v) is 2.26. The summed E-state index contributed by atoms with van der Waals surface area (Å²) in [5.41, 5.74) is 0. The zero-order chi connectivity index (χ0) is 10.7. The molecule has 0 radical (unpaired) electrons. The summed E-state index contributed by atoms with van der Waals surface area (Å²) in [4.78, 5) is 13.6. The molecule has 0 aromatic heterocycles. The van der Waals surface area contributed by atoms with Crippen LogP contribution >= 0.6 is 0 Å². The molecular formula is C10H21N3O. The Bertz CT molecular complexity index is 196. The van der Waals surface area contributed by atoms with Crippen molar-refractivity contribution in [3.05, 3.63) is 0 Å². The van der Waals surface area contributed by atoms with Crippen LogP contribution in [0.5, 0.6) is 0 Å². The molecule has 0 bridgehead atoms. The van der Waals surface area contributed by atoms with Gasteiger partial charge in [0.1, 0.15) is 0 Å². The molecule has 14 heavy (non-hydrogen) atoms. The number of urea groups is 1. The Morgan fingerprint density at radius 1 is 1.36 bits per heavy atom. The van der Waals surface area contributed by atoms with Gasteiger partial charge < -0.3 is 15.5 Å². The van der Waals surface area contributed by atoms with Crippen LogP contribution in [0.1, 0.15) is 27.7 Å². The highest BCUT2D eigenvalue weighted by Gasteiger charge is 2.24. The number of hydrogen-bond donors (Lipinski definition) is 2. The quantitative estimate of drug-likeness (QED) is 0.655. The minimum absolute atomic E-state index is 0.0557. The largest absolute Gasteiger partial charge is 0.336 e. The topological polar surface area (TPSA) is 44.4 Å². The van der Waals surface area contributed by atoms with Gasteiger partial charge >= 0.3 is 6.03 Å². The lowest BCUT2D eigenvalue weighted by Gasteiger charge is -2.36. The second kappa shape index (κ2) is 4.64. The minimum atomic E-state index is 0.0557. The first kappa shape index (κ1) is 11.3. The summed E-state index contributed by atoms with van der Waals surface area (Å²) < 4.78 is 0. The standard InChI is InChI=1S/C10H21N3O/c1-7(2)11-10(14)13-5-8(3)12-9(4)6-13/h7-9,12H,5-6H2,1-4H3,(H,11,14)/t8-,9+. The third kappa shape index (κ3) is 3.18. The van der Waals surface area contributed by atoms with E-state index in [1.807, 2.05) is 18.7 Å². The summed E-state index contributed by atoms with van der Waals surface area (Å²) in [5, 5.41) is 6.31. The molecule has 1 aliphatic heterocycles. The number of nitrogens with zero attached hydrogens (tertiary/aromatic N) is 1. The normalized spacial score (nSPS) is 27.9. The van der Waals surface area contributed by atoms with Crippen LogP contribution in [0.3, 0.4) is 0 Å². The van der Waals surface area contributed by atoms with E-state index in [0.29, 0.717) is 12.1 Å². The summed E-state index contributed by atoms with van der Waals surface area (Å²) in [6.07, 6.45) is 0. The molecule has 0 spiro atoms. The molecule has 0 unspecified atom stereocenters. The number of piperazine rings is 1. The minimum Gasteiger partial charge on any atom is -0.336 e. The van der Waals surface area contributed by atoms with Gasteiger partial charge in [-0.25, -0.2) is 4.79 Å². The van der Waals surface area contributed by atoms with Crippen LogP contribution < -0.4 is 10.6 Å². The van der Waals surface area contributed by atoms with Crippen molar-refractivity contribution in [3.8, 4) is 0 Å². The maximum absolute atomic E-state index is 11.7. The van der Waals surface area contributed by atoms with E-state index in [1.54, 1.807) is 0 Å². The highest BCUT2D eigenvalue weighted by molar-refractivity contribution is 5.74. The van der Waals surface area contributed by atoms with Crippen molar-refractivity contribution in [3.63, 3.8) is 0 Å². The van der Waals surface area contributed by atoms with E-state index in [0.717, 1.165) is 13.1 Å². The lowest BCUT2D eigenvalue weighted by molar-refractivity contribution is 0.163. The first-order valence-corrected chi connectivity index (χ1v) is 5.30. The summed E-state index contributed by atoms with van der Waals surface area (Å²) in [5.74, 6) is 0. The van der Waals surface area contributed by atoms with E-state index in [-0.39, 0.29) is 12.1 Å². The zero-order valence-electron chi connectivity index (χ0n) is 9.50. The van der Waals surface area contributed by atoms with Crippen LogP contribution in [0.4, 0.5) is 4.79 Å². The van der Waals surface area contributed by atoms with Gasteiger partial charge in [-0.1, -0.05) is 0 Å². The molecule has 1 rings (SSSR count). The molecule has 1 saturated heterocycles. The number of hydrogen-bond acceptors (Lipinski definition) is 2. The second-order valence-electron chi connectivity index (χ2n) is 4.48. The molecule has 2 N–H and O–H groups in total. The average molecular weight is 199 g/mol. The number of nitrogens with one attached hydrogen (secondary N) is 2. The molecule has 0 aromatic carbocycles. The molecule has 4 nitrogen and oxygen atoms in total. The fraction of sp³-hybridized carbons (Fsp3) is 0.900. The third-order valence-electron chi connectivity index (χ3n) is 2.26. The summed E-state index contributed by atoms with van der Waals surface area (Å²) in [6.45, 7) is 9.75. The number of amides is 2. The van der Waals surface area contributed by atoms with E-state index in [9.17, 15) is 4.79 Å². The fourth-order valence-electron chi connectivity index (χ4n) is 1.83. The van der Waals surface area contributed by atoms with Gasteiger partial charge in [0.05, 0.1) is 0 Å². The van der Waals surface area contributed by atoms with Crippen LogP contribution in [0.15, 0.2) is 0 Å². The van der Waals surface area contributed by atoms with Crippen LogP contribution in [-0.2, 0) is 0 Å². The SMILES string of the molecule is CC(C)NC(=O)N1C[C@@H](C)N[C@@H](C)C1. The van der Waals surface area contributed by atoms with Crippen LogP contribution in [0.25, 0.3) is 0 Å². The summed E-state index contributed by atoms with van der Waals surface area (Å²) >= 11 is 0. The van der Waals surface area contributed by atoms with E-state index in [2.05, 4.69) is 24.5 Å². The Kier molecular flexibility index (Phi) is 3.75. The Morgan fingerprint density at radius 2 is 1.86 bits per heavy atom. The molecule has 0 saturated carbocycles. The van der Waals surface area contributed by atoms with Crippen molar-refractivity contribution >= 4 is 6.03 Å². The molecule has 82 valence electrons. The Balaban J connectivity index is 2.46. The molecule has 1 aliphatic rings. The molecule has 0 aliphatic carbocycles. The number of rotatable bonds is 1. The second-order valence-corrected chi connectivity index (χ2v) is 4.48. The van der Waals surface area contributed by atoms with Crippen molar-refractivity contribution in [2.75, 3.05) is 13.1 Å². The van der Waals surface area contributed by atoms with Gasteiger partial charge in [-0.3, -0.25) is 0 Å². The van der Waals surface area contributed by atoms with Crippen LogP contribution in [-0.4, -0.2) is 42.1 Å². The molecule has 0 aromatic rings. The molecular weight excluding hydrogens is 178 g/mol. The maximum Gasteiger partial charge on any atom is 0.317 e. The van der Waals surface area contributed by atoms with Gasteiger partial charge in [-0.05, 0) is 27.7 Å². The first-order chi connectivity index (χ1) is 6.49. The highest BCUT2D eigenvalue weighted by atomic mass is 16.2. The van der Waals surface area contributed by atoms with Crippen molar-refractivity contribution in [2.45, 2.75) is 45.8 Å². The Hall–Kier alpha value is -0.770. The monoisotopic (exact) mass is 199 g/mol. The molecule has 4 heteroatoms. The van der Waals surface area contributed by atoms with E-state index < -0.39 is 0 Å². The summed E-state index contributed by atoms with van der Waals surface area (Å²) in [7, 11) is 0. The van der Waals surface area contributed by atoms with Crippen molar-refractivity contribution in [2.24, 2.45) is 0 Å². The fourth-order valence-corrected chi connectivity index (χ4v) is 1.83. The van der Waals surface area contributed by atoms with E-state index >= 15 is 0 Å². The van der Waals surface area contributed by atoms with E-state index in [4.69, 9.17) is 0 Å². The Labute approximate surface area is 86.0 Å². The smallest absolute Gasteiger partial charge is 0.317 e. The predicted molar refractivity (Wildman–Crippen MR) is 57.3 cm³/mol. The lowest BCUT2D eigenvalue weighted by Crippen LogP contribution is -2.58. The molecule has 2 amide bonds. The predicted octanol–water partition coefficient (Wildman–Crippen LogP) is 0.787. The summed E-state index contributed by atoms with van der Waals surface area (Å²) in [6, 6.07) is 1.04. The average Bonchev–Trinajstić information content (AvgIpc) is 2.00. The number of carbonyl (C=O) groups is 1. The van der Waals surface area contributed by atoms with Gasteiger partial charge in [0, 0.05) is 31.2 Å². The molecule has 2 atom stereocenters. The molecule has 1 fully saturated rings. The first-order valence-electron chi connectivity index (χ1n) is 5.30.